The first-order valence-corrected chi connectivity index (χ1v) is 9.59. The van der Waals surface area contributed by atoms with Crippen LogP contribution in [-0.2, 0) is 9.53 Å². The summed E-state index contributed by atoms with van der Waals surface area (Å²) in [4.78, 5) is 50.5. The van der Waals surface area contributed by atoms with Crippen molar-refractivity contribution in [2.45, 2.75) is 26.9 Å². The standard InChI is InChI=1S/C21H23N3O7/c1-11-18(13(3)25)12(2)23-19(11)20(27)30-10-17(26)24-21(28)22-8-14-9-29-15-6-4-5-7-16(15)31-14/h4-7,14,23H,8-10H2,1-3H3,(H2,22,24,26,28). The number of esters is 1. The van der Waals surface area contributed by atoms with Crippen LogP contribution in [0.25, 0.3) is 0 Å². The van der Waals surface area contributed by atoms with E-state index in [4.69, 9.17) is 14.2 Å². The number of rotatable bonds is 6. The number of aromatic amines is 1. The number of ether oxygens (including phenoxy) is 3. The van der Waals surface area contributed by atoms with E-state index < -0.39 is 30.6 Å². The first-order valence-electron chi connectivity index (χ1n) is 9.59. The molecule has 3 amide bonds. The van der Waals surface area contributed by atoms with Crippen molar-refractivity contribution in [3.05, 3.63) is 46.8 Å². The van der Waals surface area contributed by atoms with Crippen molar-refractivity contribution in [3.63, 3.8) is 0 Å². The number of amides is 3. The molecule has 0 saturated heterocycles. The Hall–Kier alpha value is -3.82. The number of carbonyl (C=O) groups is 4. The highest BCUT2D eigenvalue weighted by atomic mass is 16.6. The van der Waals surface area contributed by atoms with Gasteiger partial charge in [0.25, 0.3) is 5.91 Å². The first kappa shape index (κ1) is 21.9. The maximum absolute atomic E-state index is 12.2. The summed E-state index contributed by atoms with van der Waals surface area (Å²) in [5.74, 6) is -0.579. The second-order valence-electron chi connectivity index (χ2n) is 7.01. The van der Waals surface area contributed by atoms with E-state index in [-0.39, 0.29) is 24.6 Å². The summed E-state index contributed by atoms with van der Waals surface area (Å²) in [7, 11) is 0. The molecule has 1 unspecified atom stereocenters. The predicted octanol–water partition coefficient (Wildman–Crippen LogP) is 1.66. The van der Waals surface area contributed by atoms with Gasteiger partial charge in [-0.05, 0) is 38.5 Å². The number of fused-ring (bicyclic) bond motifs is 1. The molecule has 31 heavy (non-hydrogen) atoms. The zero-order valence-corrected chi connectivity index (χ0v) is 17.4. The van der Waals surface area contributed by atoms with Gasteiger partial charge >= 0.3 is 12.0 Å². The van der Waals surface area contributed by atoms with Crippen molar-refractivity contribution in [2.75, 3.05) is 19.8 Å². The van der Waals surface area contributed by atoms with Crippen LogP contribution in [0.5, 0.6) is 11.5 Å². The lowest BCUT2D eigenvalue weighted by Crippen LogP contribution is -2.46. The van der Waals surface area contributed by atoms with Crippen LogP contribution in [0, 0.1) is 13.8 Å². The summed E-state index contributed by atoms with van der Waals surface area (Å²) in [5, 5.41) is 4.57. The van der Waals surface area contributed by atoms with E-state index in [2.05, 4.69) is 15.6 Å². The van der Waals surface area contributed by atoms with Crippen molar-refractivity contribution in [1.29, 1.82) is 0 Å². The predicted molar refractivity (Wildman–Crippen MR) is 108 cm³/mol. The molecule has 10 heteroatoms. The molecule has 0 radical (unpaired) electrons. The van der Waals surface area contributed by atoms with Gasteiger partial charge in [-0.1, -0.05) is 12.1 Å². The van der Waals surface area contributed by atoms with Gasteiger partial charge in [0.2, 0.25) is 0 Å². The number of ketones is 1. The molecule has 3 rings (SSSR count). The van der Waals surface area contributed by atoms with E-state index in [1.807, 2.05) is 12.1 Å². The van der Waals surface area contributed by atoms with Crippen LogP contribution < -0.4 is 20.1 Å². The third-order valence-corrected chi connectivity index (χ3v) is 4.64. The number of urea groups is 1. The molecule has 0 spiro atoms. The Morgan fingerprint density at radius 1 is 1.16 bits per heavy atom. The Morgan fingerprint density at radius 3 is 2.55 bits per heavy atom. The summed E-state index contributed by atoms with van der Waals surface area (Å²) in [6.07, 6.45) is -0.414. The maximum atomic E-state index is 12.2. The van der Waals surface area contributed by atoms with E-state index in [1.54, 1.807) is 26.0 Å². The van der Waals surface area contributed by atoms with E-state index in [1.165, 1.54) is 6.92 Å². The maximum Gasteiger partial charge on any atom is 0.355 e. The number of carbonyl (C=O) groups excluding carboxylic acids is 4. The molecule has 1 aliphatic rings. The highest BCUT2D eigenvalue weighted by Gasteiger charge is 2.23. The van der Waals surface area contributed by atoms with Crippen LogP contribution in [0.2, 0.25) is 0 Å². The fourth-order valence-corrected chi connectivity index (χ4v) is 3.26. The molecular formula is C21H23N3O7. The number of imide groups is 1. The molecule has 3 N–H and O–H groups in total. The van der Waals surface area contributed by atoms with Gasteiger partial charge in [0, 0.05) is 11.3 Å². The average molecular weight is 429 g/mol. The molecule has 2 heterocycles. The Morgan fingerprint density at radius 2 is 1.87 bits per heavy atom. The summed E-state index contributed by atoms with van der Waals surface area (Å²) < 4.78 is 16.2. The first-order chi connectivity index (χ1) is 14.8. The molecule has 2 aromatic rings. The summed E-state index contributed by atoms with van der Waals surface area (Å²) in [6, 6.07) is 6.41. The van der Waals surface area contributed by atoms with Gasteiger partial charge in [-0.3, -0.25) is 14.9 Å². The Kier molecular flexibility index (Phi) is 6.58. The van der Waals surface area contributed by atoms with Gasteiger partial charge in [0.1, 0.15) is 12.3 Å². The number of Topliss-reactive ketones (excluding diaryl/α,β-unsaturated/α-hetero) is 1. The molecule has 0 fully saturated rings. The largest absolute Gasteiger partial charge is 0.486 e. The molecule has 0 bridgehead atoms. The molecule has 1 aliphatic heterocycles. The van der Waals surface area contributed by atoms with Crippen LogP contribution in [0.1, 0.15) is 39.0 Å². The van der Waals surface area contributed by atoms with Crippen LogP contribution in [0.4, 0.5) is 4.79 Å². The minimum atomic E-state index is -0.801. The van der Waals surface area contributed by atoms with E-state index in [9.17, 15) is 19.2 Å². The van der Waals surface area contributed by atoms with Gasteiger partial charge < -0.3 is 24.5 Å². The lowest BCUT2D eigenvalue weighted by molar-refractivity contribution is -0.123. The summed E-state index contributed by atoms with van der Waals surface area (Å²) in [5.41, 5.74) is 1.49. The van der Waals surface area contributed by atoms with Crippen LogP contribution in [-0.4, -0.2) is 54.5 Å². The second-order valence-corrected chi connectivity index (χ2v) is 7.01. The van der Waals surface area contributed by atoms with Gasteiger partial charge in [-0.2, -0.15) is 0 Å². The monoisotopic (exact) mass is 429 g/mol. The third kappa shape index (κ3) is 5.21. The number of benzene rings is 1. The highest BCUT2D eigenvalue weighted by Crippen LogP contribution is 2.30. The lowest BCUT2D eigenvalue weighted by Gasteiger charge is -2.26. The number of aromatic nitrogens is 1. The SMILES string of the molecule is CC(=O)c1c(C)[nH]c(C(=O)OCC(=O)NC(=O)NCC2COc3ccccc3O2)c1C. The molecule has 1 aromatic carbocycles. The van der Waals surface area contributed by atoms with Gasteiger partial charge in [-0.15, -0.1) is 0 Å². The Labute approximate surface area is 178 Å². The number of para-hydroxylation sites is 2. The van der Waals surface area contributed by atoms with Gasteiger partial charge in [-0.25, -0.2) is 9.59 Å². The molecule has 10 nitrogen and oxygen atoms in total. The number of nitrogens with one attached hydrogen (secondary N) is 3. The molecule has 0 saturated carbocycles. The molecule has 164 valence electrons. The average Bonchev–Trinajstić information content (AvgIpc) is 3.04. The van der Waals surface area contributed by atoms with E-state index in [0.717, 1.165) is 0 Å². The molecule has 0 aliphatic carbocycles. The zero-order chi connectivity index (χ0) is 22.5. The second kappa shape index (κ2) is 9.33. The fourth-order valence-electron chi connectivity index (χ4n) is 3.26. The van der Waals surface area contributed by atoms with Crippen LogP contribution in [0.3, 0.4) is 0 Å². The van der Waals surface area contributed by atoms with Crippen molar-refractivity contribution >= 4 is 23.7 Å². The van der Waals surface area contributed by atoms with E-state index >= 15 is 0 Å². The number of hydrogen-bond acceptors (Lipinski definition) is 7. The summed E-state index contributed by atoms with van der Waals surface area (Å²) in [6.45, 7) is 4.38. The Balaban J connectivity index is 1.43. The molecule has 1 atom stereocenters. The number of aryl methyl sites for hydroxylation is 1. The van der Waals surface area contributed by atoms with Crippen molar-refractivity contribution in [3.8, 4) is 11.5 Å². The van der Waals surface area contributed by atoms with Gasteiger partial charge in [0.15, 0.2) is 30.0 Å². The van der Waals surface area contributed by atoms with Gasteiger partial charge in [0.05, 0.1) is 6.54 Å². The van der Waals surface area contributed by atoms with E-state index in [0.29, 0.717) is 28.3 Å². The van der Waals surface area contributed by atoms with Crippen LogP contribution >= 0.6 is 0 Å². The topological polar surface area (TPSA) is 136 Å². The highest BCUT2D eigenvalue weighted by molar-refractivity contribution is 6.02. The number of hydrogen-bond donors (Lipinski definition) is 3. The van der Waals surface area contributed by atoms with Crippen LogP contribution in [0.15, 0.2) is 24.3 Å². The van der Waals surface area contributed by atoms with Crippen molar-refractivity contribution < 1.29 is 33.4 Å². The Bertz CT molecular complexity index is 1030. The minimum Gasteiger partial charge on any atom is -0.486 e. The summed E-state index contributed by atoms with van der Waals surface area (Å²) >= 11 is 0. The van der Waals surface area contributed by atoms with Crippen molar-refractivity contribution in [1.82, 2.24) is 15.6 Å². The normalized spacial score (nSPS) is 14.5. The van der Waals surface area contributed by atoms with Crippen molar-refractivity contribution in [2.24, 2.45) is 0 Å². The smallest absolute Gasteiger partial charge is 0.355 e. The minimum absolute atomic E-state index is 0.0923. The fraction of sp³-hybridized carbons (Fsp3) is 0.333. The lowest BCUT2D eigenvalue weighted by atomic mass is 10.1. The number of H-pyrrole nitrogens is 1. The molecular weight excluding hydrogens is 406 g/mol. The third-order valence-electron chi connectivity index (χ3n) is 4.64. The molecule has 1 aromatic heterocycles. The quantitative estimate of drug-likeness (QED) is 0.469. The zero-order valence-electron chi connectivity index (χ0n) is 17.4.